The predicted molar refractivity (Wildman–Crippen MR) is 118 cm³/mol. The Bertz CT molecular complexity index is 835. The molecule has 6 heteroatoms. The maximum atomic E-state index is 13.0. The molecule has 30 heavy (non-hydrogen) atoms. The Hall–Kier alpha value is -3.02. The van der Waals surface area contributed by atoms with Crippen LogP contribution in [0.25, 0.3) is 0 Å². The molecule has 2 aromatic rings. The van der Waals surface area contributed by atoms with Gasteiger partial charge >= 0.3 is 0 Å². The number of hydrogen-bond acceptors (Lipinski definition) is 4. The molecule has 0 heterocycles. The van der Waals surface area contributed by atoms with E-state index in [1.165, 1.54) is 0 Å². The Morgan fingerprint density at radius 1 is 1.07 bits per heavy atom. The second kappa shape index (κ2) is 11.2. The molecule has 0 spiro atoms. The van der Waals surface area contributed by atoms with Gasteiger partial charge in [-0.2, -0.15) is 0 Å². The SMILES string of the molecule is CCC(C)NC(=O)C(C)N(Cc1ccc(OC)cc1)C(=O)COc1cccc(C)c1. The van der Waals surface area contributed by atoms with Gasteiger partial charge in [0, 0.05) is 12.6 Å². The molecule has 2 amide bonds. The Kier molecular flexibility index (Phi) is 8.71. The number of hydrogen-bond donors (Lipinski definition) is 1. The molecule has 0 saturated carbocycles. The number of nitrogens with zero attached hydrogens (tertiary/aromatic N) is 1. The third-order valence-electron chi connectivity index (χ3n) is 5.03. The molecule has 0 fully saturated rings. The summed E-state index contributed by atoms with van der Waals surface area (Å²) in [6.07, 6.45) is 0.821. The minimum Gasteiger partial charge on any atom is -0.497 e. The van der Waals surface area contributed by atoms with Crippen molar-refractivity contribution in [2.24, 2.45) is 0 Å². The fourth-order valence-corrected chi connectivity index (χ4v) is 2.91. The summed E-state index contributed by atoms with van der Waals surface area (Å²) in [5.74, 6) is 0.937. The normalized spacial score (nSPS) is 12.6. The third-order valence-corrected chi connectivity index (χ3v) is 5.03. The monoisotopic (exact) mass is 412 g/mol. The van der Waals surface area contributed by atoms with Crippen molar-refractivity contribution in [2.45, 2.75) is 52.7 Å². The molecule has 6 nitrogen and oxygen atoms in total. The Morgan fingerprint density at radius 2 is 1.77 bits per heavy atom. The lowest BCUT2D eigenvalue weighted by Crippen LogP contribution is -2.50. The van der Waals surface area contributed by atoms with E-state index in [1.807, 2.05) is 69.3 Å². The van der Waals surface area contributed by atoms with Gasteiger partial charge < -0.3 is 19.7 Å². The summed E-state index contributed by atoms with van der Waals surface area (Å²) >= 11 is 0. The van der Waals surface area contributed by atoms with Gasteiger partial charge in [0.05, 0.1) is 7.11 Å². The minimum atomic E-state index is -0.630. The molecule has 0 saturated heterocycles. The van der Waals surface area contributed by atoms with Crippen LogP contribution in [0.4, 0.5) is 0 Å². The lowest BCUT2D eigenvalue weighted by Gasteiger charge is -2.29. The molecular weight excluding hydrogens is 380 g/mol. The molecule has 2 atom stereocenters. The largest absolute Gasteiger partial charge is 0.497 e. The van der Waals surface area contributed by atoms with Crippen LogP contribution >= 0.6 is 0 Å². The smallest absolute Gasteiger partial charge is 0.261 e. The number of carbonyl (C=O) groups is 2. The van der Waals surface area contributed by atoms with Crippen LogP contribution in [-0.4, -0.2) is 42.5 Å². The van der Waals surface area contributed by atoms with E-state index in [1.54, 1.807) is 18.9 Å². The van der Waals surface area contributed by atoms with E-state index in [0.29, 0.717) is 12.3 Å². The zero-order chi connectivity index (χ0) is 22.1. The van der Waals surface area contributed by atoms with Crippen molar-refractivity contribution in [1.29, 1.82) is 0 Å². The first kappa shape index (κ1) is 23.3. The fraction of sp³-hybridized carbons (Fsp3) is 0.417. The quantitative estimate of drug-likeness (QED) is 0.646. The van der Waals surface area contributed by atoms with E-state index in [4.69, 9.17) is 9.47 Å². The standard InChI is InChI=1S/C24H32N2O4/c1-6-18(3)25-24(28)19(4)26(15-20-10-12-21(29-5)13-11-20)23(27)16-30-22-9-7-8-17(2)14-22/h7-14,18-19H,6,15-16H2,1-5H3,(H,25,28). The summed E-state index contributed by atoms with van der Waals surface area (Å²) in [5.41, 5.74) is 1.96. The summed E-state index contributed by atoms with van der Waals surface area (Å²) in [7, 11) is 1.61. The first-order chi connectivity index (χ1) is 14.3. The van der Waals surface area contributed by atoms with E-state index in [-0.39, 0.29) is 24.5 Å². The highest BCUT2D eigenvalue weighted by Gasteiger charge is 2.27. The molecule has 2 unspecified atom stereocenters. The van der Waals surface area contributed by atoms with Gasteiger partial charge in [-0.1, -0.05) is 31.2 Å². The second-order valence-electron chi connectivity index (χ2n) is 7.47. The maximum Gasteiger partial charge on any atom is 0.261 e. The molecule has 162 valence electrons. The van der Waals surface area contributed by atoms with Crippen LogP contribution in [0.2, 0.25) is 0 Å². The first-order valence-electron chi connectivity index (χ1n) is 10.3. The summed E-state index contributed by atoms with van der Waals surface area (Å²) in [5, 5.41) is 2.96. The van der Waals surface area contributed by atoms with E-state index < -0.39 is 6.04 Å². The number of aryl methyl sites for hydroxylation is 1. The van der Waals surface area contributed by atoms with E-state index in [9.17, 15) is 9.59 Å². The number of carbonyl (C=O) groups excluding carboxylic acids is 2. The van der Waals surface area contributed by atoms with Crippen LogP contribution in [-0.2, 0) is 16.1 Å². The van der Waals surface area contributed by atoms with Gasteiger partial charge in [0.1, 0.15) is 17.5 Å². The molecule has 1 N–H and O–H groups in total. The van der Waals surface area contributed by atoms with E-state index >= 15 is 0 Å². The molecule has 0 aromatic heterocycles. The zero-order valence-electron chi connectivity index (χ0n) is 18.5. The van der Waals surface area contributed by atoms with E-state index in [2.05, 4.69) is 5.32 Å². The van der Waals surface area contributed by atoms with Crippen LogP contribution in [0.15, 0.2) is 48.5 Å². The van der Waals surface area contributed by atoms with Crippen molar-refractivity contribution in [1.82, 2.24) is 10.2 Å². The molecule has 0 aliphatic heterocycles. The Morgan fingerprint density at radius 3 is 2.37 bits per heavy atom. The second-order valence-corrected chi connectivity index (χ2v) is 7.47. The molecular formula is C24H32N2O4. The fourth-order valence-electron chi connectivity index (χ4n) is 2.91. The van der Waals surface area contributed by atoms with Crippen LogP contribution in [0.5, 0.6) is 11.5 Å². The van der Waals surface area contributed by atoms with Crippen molar-refractivity contribution < 1.29 is 19.1 Å². The number of amides is 2. The van der Waals surface area contributed by atoms with Crippen LogP contribution in [0.1, 0.15) is 38.3 Å². The number of benzene rings is 2. The topological polar surface area (TPSA) is 67.9 Å². The lowest BCUT2D eigenvalue weighted by molar-refractivity contribution is -0.142. The van der Waals surface area contributed by atoms with Gasteiger partial charge in [-0.05, 0) is 62.6 Å². The van der Waals surface area contributed by atoms with Gasteiger partial charge in [0.2, 0.25) is 5.91 Å². The number of methoxy groups -OCH3 is 1. The number of ether oxygens (including phenoxy) is 2. The predicted octanol–water partition coefficient (Wildman–Crippen LogP) is 3.71. The molecule has 0 aliphatic carbocycles. The molecule has 2 aromatic carbocycles. The Labute approximate surface area is 179 Å². The molecule has 0 bridgehead atoms. The molecule has 2 rings (SSSR count). The zero-order valence-corrected chi connectivity index (χ0v) is 18.5. The van der Waals surface area contributed by atoms with Crippen molar-refractivity contribution in [3.63, 3.8) is 0 Å². The van der Waals surface area contributed by atoms with Crippen molar-refractivity contribution in [2.75, 3.05) is 13.7 Å². The van der Waals surface area contributed by atoms with Gasteiger partial charge in [-0.25, -0.2) is 0 Å². The number of nitrogens with one attached hydrogen (secondary N) is 1. The highest BCUT2D eigenvalue weighted by molar-refractivity contribution is 5.88. The first-order valence-corrected chi connectivity index (χ1v) is 10.3. The summed E-state index contributed by atoms with van der Waals surface area (Å²) in [4.78, 5) is 27.3. The lowest BCUT2D eigenvalue weighted by atomic mass is 10.1. The van der Waals surface area contributed by atoms with Crippen molar-refractivity contribution >= 4 is 11.8 Å². The van der Waals surface area contributed by atoms with Gasteiger partial charge in [-0.15, -0.1) is 0 Å². The van der Waals surface area contributed by atoms with Gasteiger partial charge in [-0.3, -0.25) is 9.59 Å². The molecule has 0 aliphatic rings. The van der Waals surface area contributed by atoms with E-state index in [0.717, 1.165) is 23.3 Å². The summed E-state index contributed by atoms with van der Waals surface area (Å²) in [6.45, 7) is 7.82. The molecule has 0 radical (unpaired) electrons. The van der Waals surface area contributed by atoms with Crippen molar-refractivity contribution in [3.8, 4) is 11.5 Å². The maximum absolute atomic E-state index is 13.0. The Balaban J connectivity index is 2.15. The minimum absolute atomic E-state index is 0.0430. The number of rotatable bonds is 10. The van der Waals surface area contributed by atoms with Gasteiger partial charge in [0.25, 0.3) is 5.91 Å². The summed E-state index contributed by atoms with van der Waals surface area (Å²) < 4.78 is 10.9. The van der Waals surface area contributed by atoms with Crippen LogP contribution in [0, 0.1) is 6.92 Å². The summed E-state index contributed by atoms with van der Waals surface area (Å²) in [6, 6.07) is 14.4. The third kappa shape index (κ3) is 6.79. The highest BCUT2D eigenvalue weighted by Crippen LogP contribution is 2.16. The van der Waals surface area contributed by atoms with Crippen molar-refractivity contribution in [3.05, 3.63) is 59.7 Å². The van der Waals surface area contributed by atoms with Gasteiger partial charge in [0.15, 0.2) is 6.61 Å². The van der Waals surface area contributed by atoms with Crippen LogP contribution in [0.3, 0.4) is 0 Å². The van der Waals surface area contributed by atoms with Crippen LogP contribution < -0.4 is 14.8 Å². The highest BCUT2D eigenvalue weighted by atomic mass is 16.5. The average Bonchev–Trinajstić information content (AvgIpc) is 2.75. The average molecular weight is 413 g/mol.